The summed E-state index contributed by atoms with van der Waals surface area (Å²) in [5.41, 5.74) is 0. The first-order valence-electron chi connectivity index (χ1n) is 4.33. The van der Waals surface area contributed by atoms with Gasteiger partial charge in [-0.05, 0) is 6.92 Å². The summed E-state index contributed by atoms with van der Waals surface area (Å²) >= 11 is 0. The van der Waals surface area contributed by atoms with Gasteiger partial charge >= 0.3 is 75.5 Å². The predicted octanol–water partition coefficient (Wildman–Crippen LogP) is 0.423. The molecule has 1 saturated carbocycles. The first-order chi connectivity index (χ1) is 5.54. The van der Waals surface area contributed by atoms with E-state index in [2.05, 4.69) is 20.3 Å². The summed E-state index contributed by atoms with van der Waals surface area (Å²) < 4.78 is 0. The average Bonchev–Trinajstić information content (AvgIpc) is 2.34. The molecule has 1 unspecified atom stereocenters. The maximum absolute atomic E-state index is 8.89. The van der Waals surface area contributed by atoms with Gasteiger partial charge in [-0.2, -0.15) is 26.2 Å². The van der Waals surface area contributed by atoms with E-state index in [0.29, 0.717) is 0 Å². The van der Waals surface area contributed by atoms with E-state index in [9.17, 15) is 0 Å². The maximum atomic E-state index is 8.89. The molecule has 0 aliphatic heterocycles. The third kappa shape index (κ3) is 18.5. The van der Waals surface area contributed by atoms with Crippen molar-refractivity contribution in [1.29, 1.82) is 0 Å². The van der Waals surface area contributed by atoms with Crippen molar-refractivity contribution in [3.63, 3.8) is 0 Å². The zero-order chi connectivity index (χ0) is 9.56. The summed E-state index contributed by atoms with van der Waals surface area (Å²) in [7, 11) is 0. The summed E-state index contributed by atoms with van der Waals surface area (Å²) in [6, 6.07) is 0. The van der Waals surface area contributed by atoms with E-state index < -0.39 is 5.97 Å². The van der Waals surface area contributed by atoms with Gasteiger partial charge in [0.1, 0.15) is 0 Å². The van der Waals surface area contributed by atoms with E-state index in [0.717, 1.165) is 12.8 Å². The SMILES string of the molecule is CC(=O)[O-].C[C-](C)C1C[CH-]CC1.[Ca+2].[Ca+2].[OH-]. The van der Waals surface area contributed by atoms with Crippen molar-refractivity contribution in [2.24, 2.45) is 5.92 Å². The predicted molar refractivity (Wildman–Crippen MR) is 60.4 cm³/mol. The van der Waals surface area contributed by atoms with Crippen LogP contribution in [0.5, 0.6) is 0 Å². The number of hydrogen-bond donors (Lipinski definition) is 0. The Morgan fingerprint density at radius 3 is 1.93 bits per heavy atom. The van der Waals surface area contributed by atoms with Crippen LogP contribution < -0.4 is 5.11 Å². The van der Waals surface area contributed by atoms with Crippen LogP contribution in [0.2, 0.25) is 0 Å². The van der Waals surface area contributed by atoms with Gasteiger partial charge in [0.15, 0.2) is 0 Å². The number of rotatable bonds is 1. The van der Waals surface area contributed by atoms with Crippen LogP contribution in [0, 0.1) is 18.3 Å². The molecule has 1 rings (SSSR count). The fourth-order valence-electron chi connectivity index (χ4n) is 1.28. The summed E-state index contributed by atoms with van der Waals surface area (Å²) in [5, 5.41) is 8.89. The Balaban J connectivity index is -0.0000000779. The molecule has 0 spiro atoms. The molecule has 1 N–H and O–H groups in total. The van der Waals surface area contributed by atoms with Gasteiger partial charge < -0.3 is 27.7 Å². The molecule has 5 heteroatoms. The molecule has 0 aromatic rings. The minimum Gasteiger partial charge on any atom is -0.870 e. The number of carboxylic acid groups (broad SMARTS) is 1. The quantitative estimate of drug-likeness (QED) is 0.510. The Morgan fingerprint density at radius 1 is 1.40 bits per heavy atom. The second-order valence-corrected chi connectivity index (χ2v) is 3.37. The standard InChI is InChI=1S/C8H14.C2H4O2.2Ca.H2O/c1-7(2)8-5-3-4-6-8;1-2(3)4;;;/h3,8H,4-6H2,1-2H3;1H3,(H,3,4);;;1H2/q-2;;2*+2;/p-2. The Hall–Kier alpha value is 1.95. The number of carbonyl (C=O) groups excluding carboxylic acids is 1. The summed E-state index contributed by atoms with van der Waals surface area (Å²) in [5.74, 6) is 1.45. The monoisotopic (exact) mass is 266 g/mol. The minimum atomic E-state index is -1.08. The molecule has 3 nitrogen and oxygen atoms in total. The Morgan fingerprint density at radius 2 is 1.80 bits per heavy atom. The Kier molecular flexibility index (Phi) is 27.3. The van der Waals surface area contributed by atoms with Crippen molar-refractivity contribution in [3.8, 4) is 0 Å². The smallest absolute Gasteiger partial charge is 0.870 e. The Bertz CT molecular complexity index is 131. The van der Waals surface area contributed by atoms with Gasteiger partial charge in [-0.25, -0.2) is 6.42 Å². The summed E-state index contributed by atoms with van der Waals surface area (Å²) in [6.07, 6.45) is 6.48. The zero-order valence-electron chi connectivity index (χ0n) is 9.95. The van der Waals surface area contributed by atoms with Crippen LogP contribution in [0.15, 0.2) is 0 Å². The number of carboxylic acids is 1. The molecular weight excluding hydrogens is 248 g/mol. The average molecular weight is 266 g/mol. The number of aliphatic carboxylic acids is 1. The van der Waals surface area contributed by atoms with E-state index in [4.69, 9.17) is 9.90 Å². The van der Waals surface area contributed by atoms with Crippen LogP contribution in [-0.4, -0.2) is 86.9 Å². The molecule has 0 aromatic carbocycles. The van der Waals surface area contributed by atoms with Crippen molar-refractivity contribution in [2.75, 3.05) is 0 Å². The van der Waals surface area contributed by atoms with E-state index in [1.807, 2.05) is 0 Å². The Labute approximate surface area is 153 Å². The van der Waals surface area contributed by atoms with Crippen LogP contribution in [0.3, 0.4) is 0 Å². The first-order valence-corrected chi connectivity index (χ1v) is 4.33. The van der Waals surface area contributed by atoms with Crippen LogP contribution >= 0.6 is 0 Å². The molecule has 80 valence electrons. The third-order valence-electron chi connectivity index (χ3n) is 1.99. The first kappa shape index (κ1) is 25.7. The molecule has 15 heavy (non-hydrogen) atoms. The summed E-state index contributed by atoms with van der Waals surface area (Å²) in [4.78, 5) is 8.89. The van der Waals surface area contributed by atoms with Gasteiger partial charge in [-0.3, -0.25) is 0 Å². The largest absolute Gasteiger partial charge is 2.00 e. The van der Waals surface area contributed by atoms with Gasteiger partial charge in [0, 0.05) is 5.97 Å². The minimum absolute atomic E-state index is 0. The van der Waals surface area contributed by atoms with Gasteiger partial charge in [-0.15, -0.1) is 6.42 Å². The second kappa shape index (κ2) is 15.9. The zero-order valence-corrected chi connectivity index (χ0v) is 14.4. The normalized spacial score (nSPS) is 17.5. The molecule has 0 aromatic heterocycles. The maximum Gasteiger partial charge on any atom is 2.00 e. The van der Waals surface area contributed by atoms with E-state index in [1.54, 1.807) is 5.92 Å². The second-order valence-electron chi connectivity index (χ2n) is 3.37. The van der Waals surface area contributed by atoms with Crippen molar-refractivity contribution in [3.05, 3.63) is 12.3 Å². The number of hydrogen-bond acceptors (Lipinski definition) is 3. The topological polar surface area (TPSA) is 70.1 Å². The van der Waals surface area contributed by atoms with Crippen molar-refractivity contribution >= 4 is 81.4 Å². The third-order valence-corrected chi connectivity index (χ3v) is 1.99. The number of carbonyl (C=O) groups is 1. The molecule has 0 radical (unpaired) electrons. The fourth-order valence-corrected chi connectivity index (χ4v) is 1.28. The molecule has 0 heterocycles. The molecule has 1 aliphatic carbocycles. The van der Waals surface area contributed by atoms with Gasteiger partial charge in [0.2, 0.25) is 0 Å². The molecule has 0 amide bonds. The van der Waals surface area contributed by atoms with Gasteiger partial charge in [-0.1, -0.05) is 0 Å². The van der Waals surface area contributed by atoms with E-state index in [1.165, 1.54) is 19.3 Å². The van der Waals surface area contributed by atoms with Crippen LogP contribution in [0.4, 0.5) is 0 Å². The van der Waals surface area contributed by atoms with Gasteiger partial charge in [0.05, 0.1) is 0 Å². The van der Waals surface area contributed by atoms with Crippen molar-refractivity contribution < 1.29 is 15.4 Å². The summed E-state index contributed by atoms with van der Waals surface area (Å²) in [6.45, 7) is 5.45. The van der Waals surface area contributed by atoms with Gasteiger partial charge in [0.25, 0.3) is 0 Å². The molecule has 1 fully saturated rings. The molecule has 1 atom stereocenters. The molecule has 0 bridgehead atoms. The van der Waals surface area contributed by atoms with Crippen molar-refractivity contribution in [2.45, 2.75) is 40.0 Å². The van der Waals surface area contributed by atoms with Crippen LogP contribution in [0.1, 0.15) is 40.0 Å². The molecule has 0 saturated heterocycles. The molecular formula is C10H18Ca2O3. The fraction of sp³-hybridized carbons (Fsp3) is 0.700. The van der Waals surface area contributed by atoms with E-state index >= 15 is 0 Å². The van der Waals surface area contributed by atoms with E-state index in [-0.39, 0.29) is 81.0 Å². The van der Waals surface area contributed by atoms with Crippen molar-refractivity contribution in [1.82, 2.24) is 0 Å². The van der Waals surface area contributed by atoms with Crippen LogP contribution in [-0.2, 0) is 4.79 Å². The molecule has 1 aliphatic rings. The van der Waals surface area contributed by atoms with Crippen LogP contribution in [0.25, 0.3) is 0 Å².